The van der Waals surface area contributed by atoms with Gasteiger partial charge >= 0.3 is 0 Å². The summed E-state index contributed by atoms with van der Waals surface area (Å²) in [5, 5.41) is 3.36. The van der Waals surface area contributed by atoms with Crippen LogP contribution in [0.5, 0.6) is 0 Å². The predicted molar refractivity (Wildman–Crippen MR) is 64.4 cm³/mol. The topological polar surface area (TPSA) is 24.9 Å². The first-order chi connectivity index (χ1) is 7.74. The number of nitrogens with one attached hydrogen (secondary N) is 1. The third kappa shape index (κ3) is 2.64. The zero-order chi connectivity index (χ0) is 11.4. The van der Waals surface area contributed by atoms with E-state index in [0.717, 1.165) is 12.8 Å². The predicted octanol–water partition coefficient (Wildman–Crippen LogP) is 3.57. The molecule has 0 aromatic carbocycles. The Kier molecular flexibility index (Phi) is 3.64. The van der Waals surface area contributed by atoms with Gasteiger partial charge in [0.1, 0.15) is 11.6 Å². The van der Waals surface area contributed by atoms with Crippen LogP contribution in [0.1, 0.15) is 32.1 Å². The number of hydrogen-bond donors (Lipinski definition) is 1. The minimum Gasteiger partial charge on any atom is -0.363 e. The van der Waals surface area contributed by atoms with Crippen LogP contribution in [0.2, 0.25) is 0 Å². The molecule has 1 saturated carbocycles. The Morgan fingerprint density at radius 2 is 2.06 bits per heavy atom. The fourth-order valence-electron chi connectivity index (χ4n) is 2.24. The van der Waals surface area contributed by atoms with Crippen molar-refractivity contribution in [3.05, 3.63) is 24.1 Å². The van der Waals surface area contributed by atoms with E-state index in [1.165, 1.54) is 31.5 Å². The Hall–Kier alpha value is -0.830. The second kappa shape index (κ2) is 5.00. The van der Waals surface area contributed by atoms with E-state index in [4.69, 9.17) is 11.6 Å². The molecule has 2 rings (SSSR count). The third-order valence-corrected chi connectivity index (χ3v) is 3.70. The molecule has 0 aliphatic heterocycles. The van der Waals surface area contributed by atoms with E-state index < -0.39 is 0 Å². The monoisotopic (exact) mass is 242 g/mol. The maximum Gasteiger partial charge on any atom is 0.141 e. The lowest BCUT2D eigenvalue weighted by Gasteiger charge is -2.36. The van der Waals surface area contributed by atoms with Crippen LogP contribution in [0.25, 0.3) is 0 Å². The fourth-order valence-corrected chi connectivity index (χ4v) is 2.58. The first kappa shape index (κ1) is 11.6. The Morgan fingerprint density at radius 1 is 1.31 bits per heavy atom. The summed E-state index contributed by atoms with van der Waals surface area (Å²) in [6.45, 7) is 0. The maximum absolute atomic E-state index is 12.7. The number of hydrogen-bond acceptors (Lipinski definition) is 2. The van der Waals surface area contributed by atoms with Gasteiger partial charge in [-0.05, 0) is 25.0 Å². The van der Waals surface area contributed by atoms with Gasteiger partial charge in [0.25, 0.3) is 0 Å². The van der Waals surface area contributed by atoms with Crippen LogP contribution >= 0.6 is 11.6 Å². The summed E-state index contributed by atoms with van der Waals surface area (Å²) in [6.07, 6.45) is 7.02. The van der Waals surface area contributed by atoms with Crippen LogP contribution in [-0.2, 0) is 0 Å². The first-order valence-corrected chi connectivity index (χ1v) is 6.23. The number of halogens is 2. The van der Waals surface area contributed by atoms with Gasteiger partial charge in [0.2, 0.25) is 0 Å². The molecule has 1 aliphatic carbocycles. The van der Waals surface area contributed by atoms with Gasteiger partial charge in [0.05, 0.1) is 11.7 Å². The number of aromatic nitrogens is 1. The summed E-state index contributed by atoms with van der Waals surface area (Å²) >= 11 is 6.05. The maximum atomic E-state index is 12.7. The first-order valence-electron chi connectivity index (χ1n) is 5.70. The minimum atomic E-state index is -0.311. The number of anilines is 1. The highest BCUT2D eigenvalue weighted by Gasteiger charge is 2.31. The van der Waals surface area contributed by atoms with Crippen molar-refractivity contribution in [2.24, 2.45) is 0 Å². The molecule has 1 aromatic heterocycles. The Morgan fingerprint density at radius 3 is 2.62 bits per heavy atom. The van der Waals surface area contributed by atoms with E-state index in [1.807, 2.05) is 0 Å². The number of nitrogens with zero attached hydrogens (tertiary/aromatic N) is 1. The smallest absolute Gasteiger partial charge is 0.141 e. The molecule has 0 bridgehead atoms. The van der Waals surface area contributed by atoms with E-state index in [9.17, 15) is 4.39 Å². The molecule has 16 heavy (non-hydrogen) atoms. The van der Waals surface area contributed by atoms with E-state index >= 15 is 0 Å². The van der Waals surface area contributed by atoms with Crippen LogP contribution in [0.15, 0.2) is 18.3 Å². The molecular weight excluding hydrogens is 227 g/mol. The summed E-state index contributed by atoms with van der Waals surface area (Å²) in [4.78, 5) is 4.02. The molecule has 88 valence electrons. The van der Waals surface area contributed by atoms with Crippen molar-refractivity contribution in [1.82, 2.24) is 4.98 Å². The molecule has 1 N–H and O–H groups in total. The van der Waals surface area contributed by atoms with Crippen LogP contribution in [-0.4, -0.2) is 16.4 Å². The lowest BCUT2D eigenvalue weighted by molar-refractivity contribution is 0.352. The van der Waals surface area contributed by atoms with Crippen molar-refractivity contribution >= 4 is 17.4 Å². The Bertz CT molecular complexity index is 333. The molecule has 0 amide bonds. The van der Waals surface area contributed by atoms with Gasteiger partial charge in [-0.15, -0.1) is 11.6 Å². The highest BCUT2D eigenvalue weighted by atomic mass is 35.5. The molecule has 0 unspecified atom stereocenters. The standard InChI is InChI=1S/C12H16ClFN2/c13-9-12(6-2-1-3-7-12)16-11-5-4-10(14)8-15-11/h4-5,8H,1-3,6-7,9H2,(H,15,16). The summed E-state index contributed by atoms with van der Waals surface area (Å²) < 4.78 is 12.7. The molecule has 1 aliphatic rings. The quantitative estimate of drug-likeness (QED) is 0.820. The second-order valence-corrected chi connectivity index (χ2v) is 4.73. The number of alkyl halides is 1. The highest BCUT2D eigenvalue weighted by molar-refractivity contribution is 6.18. The third-order valence-electron chi connectivity index (χ3n) is 3.19. The van der Waals surface area contributed by atoms with Gasteiger partial charge in [0, 0.05) is 5.88 Å². The molecule has 0 saturated heterocycles. The van der Waals surface area contributed by atoms with Crippen molar-refractivity contribution in [2.75, 3.05) is 11.2 Å². The van der Waals surface area contributed by atoms with Crippen LogP contribution in [0, 0.1) is 5.82 Å². The second-order valence-electron chi connectivity index (χ2n) is 4.46. The van der Waals surface area contributed by atoms with Gasteiger partial charge in [-0.3, -0.25) is 0 Å². The molecule has 1 heterocycles. The zero-order valence-corrected chi connectivity index (χ0v) is 9.93. The van der Waals surface area contributed by atoms with Crippen molar-refractivity contribution in [3.8, 4) is 0 Å². The molecule has 1 aromatic rings. The average Bonchev–Trinajstić information content (AvgIpc) is 2.33. The number of pyridine rings is 1. The van der Waals surface area contributed by atoms with Crippen molar-refractivity contribution in [1.29, 1.82) is 0 Å². The minimum absolute atomic E-state index is 0.0510. The number of rotatable bonds is 3. The normalized spacial score (nSPS) is 19.4. The summed E-state index contributed by atoms with van der Waals surface area (Å²) in [7, 11) is 0. The SMILES string of the molecule is Fc1ccc(NC2(CCl)CCCCC2)nc1. The van der Waals surface area contributed by atoms with E-state index in [-0.39, 0.29) is 11.4 Å². The molecule has 4 heteroatoms. The molecule has 0 atom stereocenters. The van der Waals surface area contributed by atoms with Crippen molar-refractivity contribution < 1.29 is 4.39 Å². The lowest BCUT2D eigenvalue weighted by Crippen LogP contribution is -2.42. The summed E-state index contributed by atoms with van der Waals surface area (Å²) in [5.41, 5.74) is -0.0510. The van der Waals surface area contributed by atoms with Gasteiger partial charge in [0.15, 0.2) is 0 Å². The van der Waals surface area contributed by atoms with Gasteiger partial charge < -0.3 is 5.32 Å². The average molecular weight is 243 g/mol. The summed E-state index contributed by atoms with van der Waals surface area (Å²) in [5.74, 6) is 0.976. The molecule has 1 fully saturated rings. The summed E-state index contributed by atoms with van der Waals surface area (Å²) in [6, 6.07) is 3.08. The van der Waals surface area contributed by atoms with E-state index in [1.54, 1.807) is 6.07 Å². The van der Waals surface area contributed by atoms with Gasteiger partial charge in [-0.25, -0.2) is 9.37 Å². The molecule has 0 spiro atoms. The molecule has 2 nitrogen and oxygen atoms in total. The van der Waals surface area contributed by atoms with Gasteiger partial charge in [-0.2, -0.15) is 0 Å². The van der Waals surface area contributed by atoms with Crippen LogP contribution in [0.4, 0.5) is 10.2 Å². The van der Waals surface area contributed by atoms with Crippen molar-refractivity contribution in [3.63, 3.8) is 0 Å². The highest BCUT2D eigenvalue weighted by Crippen LogP contribution is 2.32. The molecular formula is C12H16ClFN2. The molecule has 0 radical (unpaired) electrons. The largest absolute Gasteiger partial charge is 0.363 e. The van der Waals surface area contributed by atoms with Gasteiger partial charge in [-0.1, -0.05) is 19.3 Å². The van der Waals surface area contributed by atoms with Crippen molar-refractivity contribution in [2.45, 2.75) is 37.6 Å². The fraction of sp³-hybridized carbons (Fsp3) is 0.583. The van der Waals surface area contributed by atoms with E-state index in [2.05, 4.69) is 10.3 Å². The van der Waals surface area contributed by atoms with Crippen LogP contribution < -0.4 is 5.32 Å². The lowest BCUT2D eigenvalue weighted by atomic mass is 9.83. The van der Waals surface area contributed by atoms with Crippen LogP contribution in [0.3, 0.4) is 0 Å². The van der Waals surface area contributed by atoms with E-state index in [0.29, 0.717) is 11.7 Å². The Labute approximate surface area is 100 Å². The zero-order valence-electron chi connectivity index (χ0n) is 9.18. The Balaban J connectivity index is 2.08.